The maximum atomic E-state index is 10.8. The van der Waals surface area contributed by atoms with Gasteiger partial charge in [0.25, 0.3) is 0 Å². The van der Waals surface area contributed by atoms with Crippen molar-refractivity contribution < 1.29 is 14.6 Å². The van der Waals surface area contributed by atoms with Crippen molar-refractivity contribution in [2.45, 2.75) is 6.92 Å². The standard InChI is InChI=1S/C12H16BrNO3/c1-8(12(15)16)7-14(2)10-6-9(13)4-5-11(10)17-3/h4-6,8H,7H2,1-3H3,(H,15,16). The second-order valence-corrected chi connectivity index (χ2v) is 4.85. The number of benzene rings is 1. The normalized spacial score (nSPS) is 12.0. The third-order valence-electron chi connectivity index (χ3n) is 2.52. The van der Waals surface area contributed by atoms with Crippen LogP contribution < -0.4 is 9.64 Å². The molecule has 1 rings (SSSR count). The smallest absolute Gasteiger partial charge is 0.308 e. The number of carboxylic acids is 1. The van der Waals surface area contributed by atoms with Gasteiger partial charge in [0.05, 0.1) is 18.7 Å². The maximum absolute atomic E-state index is 10.8. The minimum absolute atomic E-state index is 0.427. The zero-order chi connectivity index (χ0) is 13.0. The molecule has 4 nitrogen and oxygen atoms in total. The Labute approximate surface area is 109 Å². The number of hydrogen-bond acceptors (Lipinski definition) is 3. The van der Waals surface area contributed by atoms with Gasteiger partial charge in [-0.2, -0.15) is 0 Å². The molecule has 0 amide bonds. The molecule has 0 radical (unpaired) electrons. The highest BCUT2D eigenvalue weighted by Crippen LogP contribution is 2.30. The van der Waals surface area contributed by atoms with Crippen LogP contribution in [0.3, 0.4) is 0 Å². The summed E-state index contributed by atoms with van der Waals surface area (Å²) in [7, 11) is 3.45. The molecule has 0 bridgehead atoms. The lowest BCUT2D eigenvalue weighted by Crippen LogP contribution is -2.28. The van der Waals surface area contributed by atoms with Crippen LogP contribution in [0, 0.1) is 5.92 Å². The van der Waals surface area contributed by atoms with Crippen molar-refractivity contribution in [2.24, 2.45) is 5.92 Å². The van der Waals surface area contributed by atoms with Gasteiger partial charge in [0.15, 0.2) is 0 Å². The molecular formula is C12H16BrNO3. The number of ether oxygens (including phenoxy) is 1. The number of aliphatic carboxylic acids is 1. The molecule has 5 heteroatoms. The van der Waals surface area contributed by atoms with Gasteiger partial charge in [-0.05, 0) is 18.2 Å². The van der Waals surface area contributed by atoms with Crippen molar-refractivity contribution in [1.29, 1.82) is 0 Å². The molecule has 1 aromatic carbocycles. The predicted octanol–water partition coefficient (Wildman–Crippen LogP) is 2.61. The second kappa shape index (κ2) is 5.91. The molecule has 1 atom stereocenters. The topological polar surface area (TPSA) is 49.8 Å². The fourth-order valence-electron chi connectivity index (χ4n) is 1.55. The molecule has 0 saturated carbocycles. The zero-order valence-corrected chi connectivity index (χ0v) is 11.7. The van der Waals surface area contributed by atoms with E-state index in [4.69, 9.17) is 9.84 Å². The van der Waals surface area contributed by atoms with Crippen LogP contribution in [0.25, 0.3) is 0 Å². The molecule has 0 saturated heterocycles. The van der Waals surface area contributed by atoms with Gasteiger partial charge in [0.1, 0.15) is 5.75 Å². The monoisotopic (exact) mass is 301 g/mol. The molecule has 1 aromatic rings. The lowest BCUT2D eigenvalue weighted by molar-refractivity contribution is -0.140. The number of anilines is 1. The van der Waals surface area contributed by atoms with E-state index in [9.17, 15) is 4.79 Å². The summed E-state index contributed by atoms with van der Waals surface area (Å²) in [6, 6.07) is 5.64. The zero-order valence-electron chi connectivity index (χ0n) is 10.1. The van der Waals surface area contributed by atoms with Crippen LogP contribution in [0.5, 0.6) is 5.75 Å². The molecule has 0 aliphatic carbocycles. The third kappa shape index (κ3) is 3.63. The van der Waals surface area contributed by atoms with E-state index < -0.39 is 11.9 Å². The molecule has 0 aromatic heterocycles. The van der Waals surface area contributed by atoms with Crippen LogP contribution in [0.4, 0.5) is 5.69 Å². The Balaban J connectivity index is 2.90. The molecule has 0 aliphatic heterocycles. The number of hydrogen-bond donors (Lipinski definition) is 1. The first-order valence-corrected chi connectivity index (χ1v) is 6.02. The van der Waals surface area contributed by atoms with Crippen molar-refractivity contribution >= 4 is 27.6 Å². The van der Waals surface area contributed by atoms with E-state index in [1.165, 1.54) is 0 Å². The lowest BCUT2D eigenvalue weighted by atomic mass is 10.1. The molecule has 0 heterocycles. The number of carboxylic acid groups (broad SMARTS) is 1. The lowest BCUT2D eigenvalue weighted by Gasteiger charge is -2.23. The Morgan fingerprint density at radius 2 is 2.24 bits per heavy atom. The number of halogens is 1. The maximum Gasteiger partial charge on any atom is 0.308 e. The number of carbonyl (C=O) groups is 1. The third-order valence-corrected chi connectivity index (χ3v) is 3.01. The first-order chi connectivity index (χ1) is 7.95. The molecule has 0 aliphatic rings. The predicted molar refractivity (Wildman–Crippen MR) is 70.8 cm³/mol. The van der Waals surface area contributed by atoms with Crippen molar-refractivity contribution in [2.75, 3.05) is 25.6 Å². The van der Waals surface area contributed by atoms with Crippen LogP contribution in [-0.4, -0.2) is 31.8 Å². The molecule has 1 unspecified atom stereocenters. The van der Waals surface area contributed by atoms with Crippen LogP contribution >= 0.6 is 15.9 Å². The van der Waals surface area contributed by atoms with Crippen LogP contribution in [0.15, 0.2) is 22.7 Å². The summed E-state index contributed by atoms with van der Waals surface area (Å²) in [5.41, 5.74) is 0.870. The molecular weight excluding hydrogens is 286 g/mol. The van der Waals surface area contributed by atoms with Crippen molar-refractivity contribution in [3.8, 4) is 5.75 Å². The summed E-state index contributed by atoms with van der Waals surface area (Å²) in [5.74, 6) is -0.497. The average molecular weight is 302 g/mol. The van der Waals surface area contributed by atoms with E-state index in [1.54, 1.807) is 14.0 Å². The van der Waals surface area contributed by atoms with Crippen LogP contribution in [-0.2, 0) is 4.79 Å². The van der Waals surface area contributed by atoms with Gasteiger partial charge >= 0.3 is 5.97 Å². The first-order valence-electron chi connectivity index (χ1n) is 5.23. The average Bonchev–Trinajstić information content (AvgIpc) is 2.28. The minimum Gasteiger partial charge on any atom is -0.495 e. The second-order valence-electron chi connectivity index (χ2n) is 3.94. The number of nitrogens with zero attached hydrogens (tertiary/aromatic N) is 1. The van der Waals surface area contributed by atoms with E-state index in [2.05, 4.69) is 15.9 Å². The highest BCUT2D eigenvalue weighted by atomic mass is 79.9. The number of rotatable bonds is 5. The first kappa shape index (κ1) is 13.8. The van der Waals surface area contributed by atoms with Gasteiger partial charge in [-0.15, -0.1) is 0 Å². The van der Waals surface area contributed by atoms with Crippen LogP contribution in [0.1, 0.15) is 6.92 Å². The summed E-state index contributed by atoms with van der Waals surface area (Å²) in [6.45, 7) is 2.12. The fourth-order valence-corrected chi connectivity index (χ4v) is 1.90. The van der Waals surface area contributed by atoms with Gasteiger partial charge < -0.3 is 14.7 Å². The highest BCUT2D eigenvalue weighted by molar-refractivity contribution is 9.10. The quantitative estimate of drug-likeness (QED) is 0.908. The van der Waals surface area contributed by atoms with Gasteiger partial charge in [-0.3, -0.25) is 4.79 Å². The highest BCUT2D eigenvalue weighted by Gasteiger charge is 2.16. The van der Waals surface area contributed by atoms with E-state index in [1.807, 2.05) is 30.1 Å². The van der Waals surface area contributed by atoms with E-state index >= 15 is 0 Å². The molecule has 0 fully saturated rings. The summed E-state index contributed by atoms with van der Waals surface area (Å²) in [6.07, 6.45) is 0. The minimum atomic E-state index is -0.800. The molecule has 0 spiro atoms. The van der Waals surface area contributed by atoms with E-state index in [0.29, 0.717) is 6.54 Å². The summed E-state index contributed by atoms with van der Waals surface area (Å²) in [5, 5.41) is 8.89. The number of methoxy groups -OCH3 is 1. The Morgan fingerprint density at radius 3 is 2.76 bits per heavy atom. The Bertz CT molecular complexity index is 409. The summed E-state index contributed by atoms with van der Waals surface area (Å²) >= 11 is 3.39. The summed E-state index contributed by atoms with van der Waals surface area (Å²) < 4.78 is 6.19. The van der Waals surface area contributed by atoms with Gasteiger partial charge in [-0.25, -0.2) is 0 Å². The van der Waals surface area contributed by atoms with Crippen molar-refractivity contribution in [1.82, 2.24) is 0 Å². The fraction of sp³-hybridized carbons (Fsp3) is 0.417. The van der Waals surface area contributed by atoms with Gasteiger partial charge in [0.2, 0.25) is 0 Å². The molecule has 1 N–H and O–H groups in total. The summed E-state index contributed by atoms with van der Waals surface area (Å²) in [4.78, 5) is 12.7. The van der Waals surface area contributed by atoms with Crippen molar-refractivity contribution in [3.05, 3.63) is 22.7 Å². The van der Waals surface area contributed by atoms with E-state index in [0.717, 1.165) is 15.9 Å². The Kier molecular flexibility index (Phi) is 4.81. The van der Waals surface area contributed by atoms with E-state index in [-0.39, 0.29) is 0 Å². The molecule has 17 heavy (non-hydrogen) atoms. The van der Waals surface area contributed by atoms with Crippen molar-refractivity contribution in [3.63, 3.8) is 0 Å². The SMILES string of the molecule is COc1ccc(Br)cc1N(C)CC(C)C(=O)O. The van der Waals surface area contributed by atoms with Crippen LogP contribution in [0.2, 0.25) is 0 Å². The molecule has 94 valence electrons. The Hall–Kier alpha value is -1.23. The Morgan fingerprint density at radius 1 is 1.59 bits per heavy atom. The van der Waals surface area contributed by atoms with Gasteiger partial charge in [-0.1, -0.05) is 22.9 Å². The largest absolute Gasteiger partial charge is 0.495 e. The van der Waals surface area contributed by atoms with Gasteiger partial charge in [0, 0.05) is 18.1 Å².